The van der Waals surface area contributed by atoms with E-state index >= 15 is 0 Å². The maximum absolute atomic E-state index is 12.0. The second-order valence-electron chi connectivity index (χ2n) is 5.53. The number of nitrogens with zero attached hydrogens (tertiary/aromatic N) is 2. The second kappa shape index (κ2) is 9.50. The molecule has 1 fully saturated rings. The van der Waals surface area contributed by atoms with Gasteiger partial charge in [0.25, 0.3) is 0 Å². The van der Waals surface area contributed by atoms with Crippen LogP contribution in [0.5, 0.6) is 0 Å². The Morgan fingerprint density at radius 2 is 1.91 bits per heavy atom. The summed E-state index contributed by atoms with van der Waals surface area (Å²) in [6, 6.07) is 7.94. The number of ether oxygens (including phenoxy) is 2. The Balaban J connectivity index is 1.91. The Morgan fingerprint density at radius 1 is 1.17 bits per heavy atom. The molecule has 23 heavy (non-hydrogen) atoms. The number of carbonyl (C=O) groups excluding carboxylic acids is 1. The van der Waals surface area contributed by atoms with Crippen LogP contribution in [0.25, 0.3) is 0 Å². The predicted octanol–water partition coefficient (Wildman–Crippen LogP) is 1.43. The third-order valence-electron chi connectivity index (χ3n) is 4.00. The van der Waals surface area contributed by atoms with E-state index in [0.29, 0.717) is 13.2 Å². The van der Waals surface area contributed by atoms with Crippen LogP contribution in [-0.2, 0) is 14.3 Å². The maximum atomic E-state index is 12.0. The lowest BCUT2D eigenvalue weighted by molar-refractivity contribution is -0.121. The van der Waals surface area contributed by atoms with E-state index in [1.807, 2.05) is 18.2 Å². The highest BCUT2D eigenvalue weighted by molar-refractivity contribution is 5.95. The third-order valence-corrected chi connectivity index (χ3v) is 4.00. The lowest BCUT2D eigenvalue weighted by Gasteiger charge is -2.36. The molecule has 1 amide bonds. The van der Waals surface area contributed by atoms with Crippen molar-refractivity contribution in [3.8, 4) is 0 Å². The summed E-state index contributed by atoms with van der Waals surface area (Å²) in [5.41, 5.74) is 1.92. The van der Waals surface area contributed by atoms with Crippen molar-refractivity contribution in [2.45, 2.75) is 6.92 Å². The van der Waals surface area contributed by atoms with E-state index in [1.54, 1.807) is 7.11 Å². The highest BCUT2D eigenvalue weighted by Gasteiger charge is 2.18. The summed E-state index contributed by atoms with van der Waals surface area (Å²) in [6.45, 7) is 8.30. The first-order valence-electron chi connectivity index (χ1n) is 8.17. The molecule has 6 nitrogen and oxygen atoms in total. The van der Waals surface area contributed by atoms with Crippen LogP contribution in [0.2, 0.25) is 0 Å². The average Bonchev–Trinajstić information content (AvgIpc) is 2.59. The van der Waals surface area contributed by atoms with E-state index in [0.717, 1.165) is 44.1 Å². The number of carbonyl (C=O) groups is 1. The van der Waals surface area contributed by atoms with E-state index < -0.39 is 0 Å². The number of anilines is 2. The molecule has 1 aromatic rings. The van der Waals surface area contributed by atoms with Crippen molar-refractivity contribution >= 4 is 17.3 Å². The van der Waals surface area contributed by atoms with Crippen molar-refractivity contribution in [2.75, 3.05) is 69.9 Å². The van der Waals surface area contributed by atoms with E-state index in [1.165, 1.54) is 0 Å². The van der Waals surface area contributed by atoms with Crippen LogP contribution in [0.4, 0.5) is 11.4 Å². The molecule has 6 heteroatoms. The van der Waals surface area contributed by atoms with Crippen molar-refractivity contribution in [3.63, 3.8) is 0 Å². The zero-order chi connectivity index (χ0) is 16.5. The van der Waals surface area contributed by atoms with Gasteiger partial charge in [0, 0.05) is 33.3 Å². The predicted molar refractivity (Wildman–Crippen MR) is 92.1 cm³/mol. The van der Waals surface area contributed by atoms with Gasteiger partial charge in [-0.2, -0.15) is 0 Å². The number of para-hydroxylation sites is 2. The van der Waals surface area contributed by atoms with Gasteiger partial charge in [0.2, 0.25) is 5.91 Å². The van der Waals surface area contributed by atoms with Gasteiger partial charge in [0.05, 0.1) is 24.6 Å². The molecule has 2 rings (SSSR count). The van der Waals surface area contributed by atoms with E-state index in [4.69, 9.17) is 9.47 Å². The number of rotatable bonds is 8. The van der Waals surface area contributed by atoms with Gasteiger partial charge in [0.15, 0.2) is 0 Å². The van der Waals surface area contributed by atoms with Crippen LogP contribution < -0.4 is 10.2 Å². The fourth-order valence-electron chi connectivity index (χ4n) is 2.65. The first-order chi connectivity index (χ1) is 11.2. The summed E-state index contributed by atoms with van der Waals surface area (Å²) in [7, 11) is 1.61. The van der Waals surface area contributed by atoms with Crippen molar-refractivity contribution < 1.29 is 14.3 Å². The van der Waals surface area contributed by atoms with Crippen molar-refractivity contribution in [3.05, 3.63) is 24.3 Å². The van der Waals surface area contributed by atoms with Crippen LogP contribution in [0, 0.1) is 0 Å². The van der Waals surface area contributed by atoms with Gasteiger partial charge in [0.1, 0.15) is 6.61 Å². The standard InChI is InChI=1S/C17H27N3O3/c1-3-19-8-10-20(11-9-19)16-7-5-4-6-15(16)18-17(21)14-23-13-12-22-2/h4-7H,3,8-14H2,1-2H3,(H,18,21). The van der Waals surface area contributed by atoms with Crippen LogP contribution in [-0.4, -0.2) is 70.5 Å². The number of likely N-dealkylation sites (N-methyl/N-ethyl adjacent to an activating group) is 1. The van der Waals surface area contributed by atoms with Gasteiger partial charge in [-0.3, -0.25) is 4.79 Å². The molecule has 1 N–H and O–H groups in total. The molecule has 0 radical (unpaired) electrons. The average molecular weight is 321 g/mol. The number of hydrogen-bond donors (Lipinski definition) is 1. The van der Waals surface area contributed by atoms with Crippen LogP contribution in [0.1, 0.15) is 6.92 Å². The molecule has 0 atom stereocenters. The highest BCUT2D eigenvalue weighted by Crippen LogP contribution is 2.26. The smallest absolute Gasteiger partial charge is 0.250 e. The van der Waals surface area contributed by atoms with Crippen molar-refractivity contribution in [1.29, 1.82) is 0 Å². The lowest BCUT2D eigenvalue weighted by Crippen LogP contribution is -2.46. The first-order valence-corrected chi connectivity index (χ1v) is 8.17. The molecule has 0 unspecified atom stereocenters. The zero-order valence-electron chi connectivity index (χ0n) is 14.1. The molecule has 128 valence electrons. The first kappa shape index (κ1) is 17.7. The molecular weight excluding hydrogens is 294 g/mol. The van der Waals surface area contributed by atoms with E-state index in [-0.39, 0.29) is 12.5 Å². The molecule has 1 heterocycles. The molecule has 1 aromatic carbocycles. The summed E-state index contributed by atoms with van der Waals surface area (Å²) in [6.07, 6.45) is 0. The third kappa shape index (κ3) is 5.49. The van der Waals surface area contributed by atoms with Gasteiger partial charge in [-0.15, -0.1) is 0 Å². The molecule has 0 saturated carbocycles. The molecule has 0 aromatic heterocycles. The van der Waals surface area contributed by atoms with Gasteiger partial charge in [-0.05, 0) is 18.7 Å². The Labute approximate surface area is 138 Å². The largest absolute Gasteiger partial charge is 0.382 e. The minimum absolute atomic E-state index is 0.0430. The maximum Gasteiger partial charge on any atom is 0.250 e. The Kier molecular flexibility index (Phi) is 7.32. The van der Waals surface area contributed by atoms with Gasteiger partial charge < -0.3 is 24.6 Å². The second-order valence-corrected chi connectivity index (χ2v) is 5.53. The number of methoxy groups -OCH3 is 1. The Morgan fingerprint density at radius 3 is 2.61 bits per heavy atom. The zero-order valence-corrected chi connectivity index (χ0v) is 14.1. The molecular formula is C17H27N3O3. The Bertz CT molecular complexity index is 488. The van der Waals surface area contributed by atoms with Crippen LogP contribution in [0.3, 0.4) is 0 Å². The highest BCUT2D eigenvalue weighted by atomic mass is 16.5. The van der Waals surface area contributed by atoms with Crippen LogP contribution in [0.15, 0.2) is 24.3 Å². The van der Waals surface area contributed by atoms with Crippen molar-refractivity contribution in [1.82, 2.24) is 4.90 Å². The SMILES string of the molecule is CCN1CCN(c2ccccc2NC(=O)COCCOC)CC1. The van der Waals surface area contributed by atoms with E-state index in [9.17, 15) is 4.79 Å². The fourth-order valence-corrected chi connectivity index (χ4v) is 2.65. The lowest BCUT2D eigenvalue weighted by atomic mass is 10.2. The normalized spacial score (nSPS) is 15.7. The molecule has 1 aliphatic rings. The van der Waals surface area contributed by atoms with E-state index in [2.05, 4.69) is 28.1 Å². The molecule has 0 aliphatic carbocycles. The summed E-state index contributed by atoms with van der Waals surface area (Å²) in [4.78, 5) is 16.8. The van der Waals surface area contributed by atoms with Crippen LogP contribution >= 0.6 is 0 Å². The number of piperazine rings is 1. The van der Waals surface area contributed by atoms with Gasteiger partial charge >= 0.3 is 0 Å². The minimum Gasteiger partial charge on any atom is -0.382 e. The molecule has 1 aliphatic heterocycles. The monoisotopic (exact) mass is 321 g/mol. The summed E-state index contributed by atoms with van der Waals surface area (Å²) in [5.74, 6) is -0.138. The fraction of sp³-hybridized carbons (Fsp3) is 0.588. The molecule has 0 bridgehead atoms. The minimum atomic E-state index is -0.138. The quantitative estimate of drug-likeness (QED) is 0.734. The summed E-state index contributed by atoms with van der Waals surface area (Å²) >= 11 is 0. The Hall–Kier alpha value is -1.63. The molecule has 1 saturated heterocycles. The topological polar surface area (TPSA) is 54.0 Å². The summed E-state index contributed by atoms with van der Waals surface area (Å²) in [5, 5.41) is 2.95. The number of amides is 1. The molecule has 0 spiro atoms. The number of nitrogens with one attached hydrogen (secondary N) is 1. The number of benzene rings is 1. The van der Waals surface area contributed by atoms with Crippen molar-refractivity contribution in [2.24, 2.45) is 0 Å². The van der Waals surface area contributed by atoms with Gasteiger partial charge in [-0.25, -0.2) is 0 Å². The summed E-state index contributed by atoms with van der Waals surface area (Å²) < 4.78 is 10.2. The van der Waals surface area contributed by atoms with Gasteiger partial charge in [-0.1, -0.05) is 19.1 Å². The number of hydrogen-bond acceptors (Lipinski definition) is 5.